The predicted molar refractivity (Wildman–Crippen MR) is 88.2 cm³/mol. The molecule has 0 spiro atoms. The van der Waals surface area contributed by atoms with Crippen molar-refractivity contribution in [3.05, 3.63) is 29.8 Å². The molecule has 1 atom stereocenters. The molecule has 1 aromatic carbocycles. The molecule has 6 heteroatoms. The van der Waals surface area contributed by atoms with Crippen LogP contribution in [-0.4, -0.2) is 38.0 Å². The first-order valence-corrected chi connectivity index (χ1v) is 9.99. The van der Waals surface area contributed by atoms with E-state index in [4.69, 9.17) is 4.74 Å². The maximum Gasteiger partial charge on any atom is 0.221 e. The number of sulfone groups is 1. The molecule has 1 heterocycles. The molecule has 0 radical (unpaired) electrons. The van der Waals surface area contributed by atoms with Crippen LogP contribution in [0, 0.1) is 0 Å². The van der Waals surface area contributed by atoms with E-state index in [2.05, 4.69) is 5.32 Å². The first-order chi connectivity index (χ1) is 11.0. The van der Waals surface area contributed by atoms with Crippen LogP contribution in [0.3, 0.4) is 0 Å². The molecule has 0 bridgehead atoms. The summed E-state index contributed by atoms with van der Waals surface area (Å²) < 4.78 is 30.0. The third-order valence-corrected chi connectivity index (χ3v) is 6.92. The topological polar surface area (TPSA) is 72.5 Å². The number of hydrogen-bond donors (Lipinski definition) is 1. The molecule has 2 aliphatic rings. The lowest BCUT2D eigenvalue weighted by molar-refractivity contribution is -0.121. The molecule has 0 aromatic heterocycles. The monoisotopic (exact) mass is 337 g/mol. The second-order valence-corrected chi connectivity index (χ2v) is 8.78. The van der Waals surface area contributed by atoms with E-state index in [1.165, 1.54) is 0 Å². The number of hydrogen-bond acceptors (Lipinski definition) is 4. The molecule has 1 fully saturated rings. The number of carbonyl (C=O) groups is 1. The molecule has 1 amide bonds. The Labute approximate surface area is 137 Å². The fourth-order valence-corrected chi connectivity index (χ4v) is 5.19. The molecule has 3 rings (SSSR count). The molecule has 1 aliphatic carbocycles. The highest BCUT2D eigenvalue weighted by molar-refractivity contribution is 7.92. The Hall–Kier alpha value is -1.56. The van der Waals surface area contributed by atoms with Crippen LogP contribution in [0.4, 0.5) is 0 Å². The zero-order valence-corrected chi connectivity index (χ0v) is 14.0. The van der Waals surface area contributed by atoms with E-state index in [0.717, 1.165) is 43.4 Å². The van der Waals surface area contributed by atoms with Gasteiger partial charge in [0.25, 0.3) is 0 Å². The van der Waals surface area contributed by atoms with Crippen molar-refractivity contribution in [3.8, 4) is 5.75 Å². The van der Waals surface area contributed by atoms with Crippen LogP contribution < -0.4 is 10.1 Å². The Morgan fingerprint density at radius 2 is 1.96 bits per heavy atom. The fourth-order valence-electron chi connectivity index (χ4n) is 3.33. The molecule has 126 valence electrons. The molecule has 0 saturated heterocycles. The van der Waals surface area contributed by atoms with Gasteiger partial charge in [0.15, 0.2) is 9.84 Å². The van der Waals surface area contributed by atoms with Crippen LogP contribution in [0.1, 0.15) is 37.7 Å². The third kappa shape index (κ3) is 4.05. The molecule has 5 nitrogen and oxygen atoms in total. The van der Waals surface area contributed by atoms with Crippen LogP contribution in [-0.2, 0) is 21.1 Å². The van der Waals surface area contributed by atoms with Gasteiger partial charge in [0.05, 0.1) is 17.5 Å². The number of nitrogens with one attached hydrogen (secondary N) is 1. The minimum Gasteiger partial charge on any atom is -0.488 e. The van der Waals surface area contributed by atoms with Gasteiger partial charge in [-0.2, -0.15) is 0 Å². The van der Waals surface area contributed by atoms with E-state index in [1.54, 1.807) is 0 Å². The van der Waals surface area contributed by atoms with Gasteiger partial charge in [0.2, 0.25) is 5.91 Å². The van der Waals surface area contributed by atoms with Crippen molar-refractivity contribution in [3.63, 3.8) is 0 Å². The van der Waals surface area contributed by atoms with Gasteiger partial charge in [-0.25, -0.2) is 8.42 Å². The van der Waals surface area contributed by atoms with Crippen LogP contribution in [0.25, 0.3) is 0 Å². The van der Waals surface area contributed by atoms with E-state index in [1.807, 2.05) is 24.3 Å². The van der Waals surface area contributed by atoms with Crippen molar-refractivity contribution >= 4 is 15.7 Å². The number of ether oxygens (including phenoxy) is 1. The molecule has 1 N–H and O–H groups in total. The molecular weight excluding hydrogens is 314 g/mol. The van der Waals surface area contributed by atoms with Gasteiger partial charge in [-0.1, -0.05) is 31.0 Å². The standard InChI is InChI=1S/C17H23NO4S/c19-17(9-10-23(20,21)15-6-2-3-7-15)18-12-14-11-13-5-1-4-8-16(13)22-14/h1,4-5,8,14-15H,2-3,6-7,9-12H2,(H,18,19). The smallest absolute Gasteiger partial charge is 0.221 e. The predicted octanol–water partition coefficient (Wildman–Crippen LogP) is 1.85. The first kappa shape index (κ1) is 16.3. The van der Waals surface area contributed by atoms with Gasteiger partial charge in [-0.05, 0) is 24.5 Å². The number of carbonyl (C=O) groups excluding carboxylic acids is 1. The Kier molecular flexibility index (Phi) is 4.90. The Morgan fingerprint density at radius 1 is 1.22 bits per heavy atom. The fraction of sp³-hybridized carbons (Fsp3) is 0.588. The third-order valence-electron chi connectivity index (χ3n) is 4.66. The molecule has 23 heavy (non-hydrogen) atoms. The van der Waals surface area contributed by atoms with Crippen LogP contribution in [0.5, 0.6) is 5.75 Å². The highest BCUT2D eigenvalue weighted by atomic mass is 32.2. The Bertz CT molecular complexity index is 640. The van der Waals surface area contributed by atoms with E-state index >= 15 is 0 Å². The highest BCUT2D eigenvalue weighted by Gasteiger charge is 2.29. The first-order valence-electron chi connectivity index (χ1n) is 8.27. The van der Waals surface area contributed by atoms with Gasteiger partial charge in [-0.15, -0.1) is 0 Å². The van der Waals surface area contributed by atoms with Gasteiger partial charge in [0.1, 0.15) is 11.9 Å². The summed E-state index contributed by atoms with van der Waals surface area (Å²) in [6, 6.07) is 7.83. The number of para-hydroxylation sites is 1. The SMILES string of the molecule is O=C(CCS(=O)(=O)C1CCCC1)NCC1Cc2ccccc2O1. The van der Waals surface area contributed by atoms with Gasteiger partial charge < -0.3 is 10.1 Å². The minimum absolute atomic E-state index is 0.0402. The van der Waals surface area contributed by atoms with Crippen LogP contribution in [0.2, 0.25) is 0 Å². The number of benzene rings is 1. The summed E-state index contributed by atoms with van der Waals surface area (Å²) in [6.45, 7) is 0.414. The minimum atomic E-state index is -3.13. The van der Waals surface area contributed by atoms with Crippen molar-refractivity contribution < 1.29 is 17.9 Å². The van der Waals surface area contributed by atoms with Crippen molar-refractivity contribution in [1.82, 2.24) is 5.32 Å². The molecule has 1 aliphatic heterocycles. The summed E-state index contributed by atoms with van der Waals surface area (Å²) in [5.74, 6) is 0.608. The molecular formula is C17H23NO4S. The average Bonchev–Trinajstić information content (AvgIpc) is 3.20. The second-order valence-electron chi connectivity index (χ2n) is 6.38. The summed E-state index contributed by atoms with van der Waals surface area (Å²) in [5.41, 5.74) is 1.15. The van der Waals surface area contributed by atoms with Crippen LogP contribution >= 0.6 is 0 Å². The molecule has 1 aromatic rings. The number of amides is 1. The summed E-state index contributed by atoms with van der Waals surface area (Å²) in [7, 11) is -3.13. The summed E-state index contributed by atoms with van der Waals surface area (Å²) >= 11 is 0. The zero-order valence-electron chi connectivity index (χ0n) is 13.2. The van der Waals surface area contributed by atoms with Crippen molar-refractivity contribution in [1.29, 1.82) is 0 Å². The Balaban J connectivity index is 1.41. The summed E-state index contributed by atoms with van der Waals surface area (Å²) in [6.07, 6.45) is 4.21. The van der Waals surface area contributed by atoms with E-state index in [9.17, 15) is 13.2 Å². The van der Waals surface area contributed by atoms with Crippen molar-refractivity contribution in [2.24, 2.45) is 0 Å². The average molecular weight is 337 g/mol. The van der Waals surface area contributed by atoms with Gasteiger partial charge in [-0.3, -0.25) is 4.79 Å². The highest BCUT2D eigenvalue weighted by Crippen LogP contribution is 2.28. The number of fused-ring (bicyclic) bond motifs is 1. The lowest BCUT2D eigenvalue weighted by Gasteiger charge is -2.13. The van der Waals surface area contributed by atoms with Crippen molar-refractivity contribution in [2.75, 3.05) is 12.3 Å². The van der Waals surface area contributed by atoms with E-state index in [-0.39, 0.29) is 29.4 Å². The van der Waals surface area contributed by atoms with Crippen molar-refractivity contribution in [2.45, 2.75) is 49.9 Å². The maximum atomic E-state index is 12.1. The lowest BCUT2D eigenvalue weighted by Crippen LogP contribution is -2.35. The quantitative estimate of drug-likeness (QED) is 0.860. The lowest BCUT2D eigenvalue weighted by atomic mass is 10.1. The molecule has 1 unspecified atom stereocenters. The van der Waals surface area contributed by atoms with E-state index in [0.29, 0.717) is 6.54 Å². The van der Waals surface area contributed by atoms with Gasteiger partial charge >= 0.3 is 0 Å². The number of rotatable bonds is 6. The summed E-state index contributed by atoms with van der Waals surface area (Å²) in [4.78, 5) is 11.9. The summed E-state index contributed by atoms with van der Waals surface area (Å²) in [5, 5.41) is 2.56. The maximum absolute atomic E-state index is 12.1. The molecule has 1 saturated carbocycles. The second kappa shape index (κ2) is 6.91. The van der Waals surface area contributed by atoms with E-state index < -0.39 is 9.84 Å². The van der Waals surface area contributed by atoms with Gasteiger partial charge in [0, 0.05) is 12.8 Å². The largest absolute Gasteiger partial charge is 0.488 e. The normalized spacial score (nSPS) is 21.0. The van der Waals surface area contributed by atoms with Crippen LogP contribution in [0.15, 0.2) is 24.3 Å². The zero-order chi connectivity index (χ0) is 16.3. The Morgan fingerprint density at radius 3 is 2.70 bits per heavy atom.